The Morgan fingerprint density at radius 3 is 2.51 bits per heavy atom. The van der Waals surface area contributed by atoms with E-state index in [0.29, 0.717) is 41.7 Å². The van der Waals surface area contributed by atoms with Crippen LogP contribution in [0.4, 0.5) is 0 Å². The van der Waals surface area contributed by atoms with Crippen molar-refractivity contribution in [3.8, 4) is 34.4 Å². The van der Waals surface area contributed by atoms with Gasteiger partial charge in [-0.2, -0.15) is 5.26 Å². The number of aromatic nitrogens is 1. The second-order valence-electron chi connectivity index (χ2n) is 14.8. The number of nitriles is 1. The van der Waals surface area contributed by atoms with Gasteiger partial charge in [-0.15, -0.1) is 0 Å². The molecular weight excluding hydrogens is 716 g/mol. The van der Waals surface area contributed by atoms with Crippen LogP contribution in [-0.2, 0) is 29.3 Å². The average Bonchev–Trinajstić information content (AvgIpc) is 3.62. The molecule has 3 aromatic carbocycles. The number of carbonyl (C=O) groups excluding carboxylic acids is 1. The van der Waals surface area contributed by atoms with E-state index in [9.17, 15) is 15.2 Å². The number of benzene rings is 3. The molecule has 0 bridgehead atoms. The van der Waals surface area contributed by atoms with Crippen molar-refractivity contribution < 1.29 is 28.8 Å². The average molecular weight is 767 g/mol. The van der Waals surface area contributed by atoms with Crippen LogP contribution < -0.4 is 14.2 Å². The van der Waals surface area contributed by atoms with Crippen LogP contribution in [0.3, 0.4) is 0 Å². The molecule has 2 unspecified atom stereocenters. The van der Waals surface area contributed by atoms with Crippen LogP contribution in [0.1, 0.15) is 72.4 Å². The molecule has 2 aliphatic rings. The van der Waals surface area contributed by atoms with E-state index in [1.54, 1.807) is 12.3 Å². The van der Waals surface area contributed by atoms with E-state index in [4.69, 9.17) is 30.5 Å². The number of ether oxygens (including phenoxy) is 4. The molecule has 11 heteroatoms. The van der Waals surface area contributed by atoms with E-state index in [1.807, 2.05) is 37.3 Å². The third kappa shape index (κ3) is 9.60. The van der Waals surface area contributed by atoms with Gasteiger partial charge in [0, 0.05) is 55.8 Å². The van der Waals surface area contributed by atoms with Crippen molar-refractivity contribution in [2.45, 2.75) is 84.3 Å². The summed E-state index contributed by atoms with van der Waals surface area (Å²) in [5.41, 5.74) is 6.62. The van der Waals surface area contributed by atoms with Crippen molar-refractivity contribution in [3.05, 3.63) is 105 Å². The van der Waals surface area contributed by atoms with E-state index in [1.165, 1.54) is 13.3 Å². The highest BCUT2D eigenvalue weighted by atomic mass is 35.5. The summed E-state index contributed by atoms with van der Waals surface area (Å²) < 4.78 is 24.3. The van der Waals surface area contributed by atoms with Crippen molar-refractivity contribution in [2.75, 3.05) is 39.9 Å². The molecule has 0 saturated carbocycles. The number of methoxy groups -OCH3 is 1. The van der Waals surface area contributed by atoms with Gasteiger partial charge in [-0.1, -0.05) is 41.9 Å². The lowest BCUT2D eigenvalue weighted by atomic mass is 9.88. The fraction of sp³-hybridized carbons (Fsp3) is 0.432. The molecule has 2 aliphatic heterocycles. The first-order valence-electron chi connectivity index (χ1n) is 19.1. The molecule has 3 heterocycles. The molecule has 1 N–H and O–H groups in total. The summed E-state index contributed by atoms with van der Waals surface area (Å²) >= 11 is 6.94. The van der Waals surface area contributed by atoms with E-state index in [2.05, 4.69) is 52.9 Å². The molecule has 0 amide bonds. The molecular formula is C44H51ClN4O6. The highest BCUT2D eigenvalue weighted by Crippen LogP contribution is 2.39. The number of halogens is 1. The first kappa shape index (κ1) is 40.0. The predicted molar refractivity (Wildman–Crippen MR) is 212 cm³/mol. The first-order chi connectivity index (χ1) is 26.6. The van der Waals surface area contributed by atoms with Gasteiger partial charge in [0.2, 0.25) is 0 Å². The number of hydrogen-bond acceptors (Lipinski definition) is 10. The molecule has 0 aliphatic carbocycles. The van der Waals surface area contributed by atoms with Gasteiger partial charge in [0.05, 0.1) is 30.4 Å². The van der Waals surface area contributed by atoms with Gasteiger partial charge in [0.1, 0.15) is 42.1 Å². The van der Waals surface area contributed by atoms with E-state index in [-0.39, 0.29) is 25.3 Å². The maximum Gasteiger partial charge on any atom is 0.325 e. The molecule has 290 valence electrons. The number of nitrogens with zero attached hydrogens (tertiary/aromatic N) is 4. The lowest BCUT2D eigenvalue weighted by Gasteiger charge is -2.42. The van der Waals surface area contributed by atoms with Crippen molar-refractivity contribution in [1.29, 1.82) is 5.26 Å². The number of β-amino-alcohol motifs (C(OH)–C–C–N with tert-alkyl or cyclic N) is 1. The van der Waals surface area contributed by atoms with Gasteiger partial charge in [-0.25, -0.2) is 0 Å². The van der Waals surface area contributed by atoms with Crippen LogP contribution in [0.25, 0.3) is 11.1 Å². The molecule has 4 aromatic rings. The Labute approximate surface area is 329 Å². The number of hydrogen-bond donors (Lipinski definition) is 1. The second kappa shape index (κ2) is 18.3. The molecule has 55 heavy (non-hydrogen) atoms. The predicted octanol–water partition coefficient (Wildman–Crippen LogP) is 7.80. The number of aliphatic hydroxyl groups is 1. The smallest absolute Gasteiger partial charge is 0.325 e. The van der Waals surface area contributed by atoms with Gasteiger partial charge < -0.3 is 29.0 Å². The topological polar surface area (TPSA) is 117 Å². The van der Waals surface area contributed by atoms with Crippen LogP contribution in [-0.4, -0.2) is 77.4 Å². The summed E-state index contributed by atoms with van der Waals surface area (Å²) in [6.45, 7) is 10.9. The summed E-state index contributed by atoms with van der Waals surface area (Å²) in [5, 5.41) is 19.6. The maximum atomic E-state index is 13.0. The van der Waals surface area contributed by atoms with Crippen molar-refractivity contribution in [3.63, 3.8) is 0 Å². The van der Waals surface area contributed by atoms with E-state index in [0.717, 1.165) is 96.6 Å². The molecule has 0 radical (unpaired) electrons. The minimum absolute atomic E-state index is 0.177. The summed E-state index contributed by atoms with van der Waals surface area (Å²) in [7, 11) is 1.43. The summed E-state index contributed by atoms with van der Waals surface area (Å²) in [5.74, 6) is 1.64. The molecule has 2 saturated heterocycles. The minimum atomic E-state index is -0.776. The molecule has 2 atom stereocenters. The third-order valence-electron chi connectivity index (χ3n) is 11.0. The van der Waals surface area contributed by atoms with Crippen molar-refractivity contribution in [2.24, 2.45) is 0 Å². The standard InChI is InChI=1S/C44H51ClN4O6/c1-30-34(10-7-11-37(30)38-12-8-13-40(31(38)2)53-19-9-16-48-18-14-36(50)27-48)29-55-42-22-41(54-28-33-20-32(23-46)24-47-25-33)35(21-39(42)45)26-49-17-6-5-15-44(49,3)43(51)52-4/h7-8,10-13,20-22,24-25,36,50H,5-6,9,14-19,26-29H2,1-4H3. The zero-order valence-electron chi connectivity index (χ0n) is 32.3. The SMILES string of the molecule is COC(=O)C1(C)CCCCN1Cc1cc(Cl)c(OCc2cccc(-c3cccc(OCCCN4CCC(O)C4)c3C)c2C)cc1OCc1cncc(C#N)c1. The van der Waals surface area contributed by atoms with Crippen LogP contribution in [0.5, 0.6) is 17.2 Å². The van der Waals surface area contributed by atoms with Crippen molar-refractivity contribution >= 4 is 17.6 Å². The lowest BCUT2D eigenvalue weighted by molar-refractivity contribution is -0.157. The van der Waals surface area contributed by atoms with E-state index < -0.39 is 5.54 Å². The van der Waals surface area contributed by atoms with Crippen LogP contribution in [0, 0.1) is 25.2 Å². The van der Waals surface area contributed by atoms with Gasteiger partial charge in [-0.05, 0) is 105 Å². The lowest BCUT2D eigenvalue weighted by Crippen LogP contribution is -2.55. The second-order valence-corrected chi connectivity index (χ2v) is 15.2. The quantitative estimate of drug-likeness (QED) is 0.0949. The summed E-state index contributed by atoms with van der Waals surface area (Å²) in [6.07, 6.45) is 7.32. The maximum absolute atomic E-state index is 13.0. The van der Waals surface area contributed by atoms with Gasteiger partial charge in [0.15, 0.2) is 0 Å². The zero-order valence-corrected chi connectivity index (χ0v) is 33.0. The highest BCUT2D eigenvalue weighted by Gasteiger charge is 2.42. The summed E-state index contributed by atoms with van der Waals surface area (Å²) in [4.78, 5) is 21.6. The number of esters is 1. The Bertz CT molecular complexity index is 2020. The fourth-order valence-corrected chi connectivity index (χ4v) is 7.90. The number of aliphatic hydroxyl groups excluding tert-OH is 1. The van der Waals surface area contributed by atoms with Crippen LogP contribution >= 0.6 is 11.6 Å². The molecule has 1 aromatic heterocycles. The van der Waals surface area contributed by atoms with Gasteiger partial charge >= 0.3 is 5.97 Å². The highest BCUT2D eigenvalue weighted by molar-refractivity contribution is 6.32. The first-order valence-corrected chi connectivity index (χ1v) is 19.4. The molecule has 2 fully saturated rings. The van der Waals surface area contributed by atoms with Crippen LogP contribution in [0.2, 0.25) is 5.02 Å². The minimum Gasteiger partial charge on any atom is -0.493 e. The number of pyridine rings is 1. The Morgan fingerprint density at radius 2 is 1.75 bits per heavy atom. The van der Waals surface area contributed by atoms with Gasteiger partial charge in [-0.3, -0.25) is 14.7 Å². The Hall–Kier alpha value is -4.66. The number of rotatable bonds is 15. The largest absolute Gasteiger partial charge is 0.493 e. The number of carbonyl (C=O) groups is 1. The van der Waals surface area contributed by atoms with Gasteiger partial charge in [0.25, 0.3) is 0 Å². The Morgan fingerprint density at radius 1 is 0.964 bits per heavy atom. The molecule has 0 spiro atoms. The zero-order chi connectivity index (χ0) is 39.0. The Balaban J connectivity index is 1.20. The van der Waals surface area contributed by atoms with E-state index >= 15 is 0 Å². The third-order valence-corrected chi connectivity index (χ3v) is 11.3. The monoisotopic (exact) mass is 766 g/mol. The number of piperidine rings is 1. The molecule has 6 rings (SSSR count). The number of likely N-dealkylation sites (tertiary alicyclic amines) is 2. The normalized spacial score (nSPS) is 18.8. The Kier molecular flexibility index (Phi) is 13.3. The molecule has 10 nitrogen and oxygen atoms in total. The summed E-state index contributed by atoms with van der Waals surface area (Å²) in [6, 6.07) is 19.9. The van der Waals surface area contributed by atoms with Crippen LogP contribution in [0.15, 0.2) is 67.0 Å². The fourth-order valence-electron chi connectivity index (χ4n) is 7.66. The van der Waals surface area contributed by atoms with Crippen molar-refractivity contribution in [1.82, 2.24) is 14.8 Å².